The molecule has 3 atom stereocenters. The van der Waals surface area contributed by atoms with Crippen molar-refractivity contribution in [3.8, 4) is 0 Å². The summed E-state index contributed by atoms with van der Waals surface area (Å²) in [6, 6.07) is 5.09. The summed E-state index contributed by atoms with van der Waals surface area (Å²) in [5.74, 6) is 0.811. The van der Waals surface area contributed by atoms with Crippen LogP contribution in [-0.2, 0) is 0 Å². The molecule has 3 heteroatoms. The Morgan fingerprint density at radius 3 is 2.76 bits per heavy atom. The van der Waals surface area contributed by atoms with Crippen LogP contribution in [0.1, 0.15) is 42.5 Å². The van der Waals surface area contributed by atoms with Gasteiger partial charge >= 0.3 is 0 Å². The van der Waals surface area contributed by atoms with Crippen LogP contribution in [0.15, 0.2) is 12.1 Å². The smallest absolute Gasteiger partial charge is 0.0590 e. The Balaban J connectivity index is 2.17. The summed E-state index contributed by atoms with van der Waals surface area (Å²) < 4.78 is 0. The highest BCUT2D eigenvalue weighted by atomic mass is 32.1. The molecule has 2 heterocycles. The standard InChI is InChI=1S/C14H24N2S/c1-10-5-4-8-16(9-10)14(12(3)15)13-7-6-11(2)17-13/h6-7,10,12,14H,4-5,8-9,15H2,1-3H3. The molecule has 2 N–H and O–H groups in total. The summed E-state index contributed by atoms with van der Waals surface area (Å²) in [5.41, 5.74) is 6.22. The van der Waals surface area contributed by atoms with Gasteiger partial charge in [-0.1, -0.05) is 6.92 Å². The van der Waals surface area contributed by atoms with E-state index in [1.54, 1.807) is 0 Å². The summed E-state index contributed by atoms with van der Waals surface area (Å²) in [4.78, 5) is 5.41. The van der Waals surface area contributed by atoms with Crippen molar-refractivity contribution in [2.45, 2.75) is 45.7 Å². The maximum Gasteiger partial charge on any atom is 0.0590 e. The molecule has 2 rings (SSSR count). The SMILES string of the molecule is Cc1ccc(C(C(C)N)N2CCCC(C)C2)s1. The van der Waals surface area contributed by atoms with Crippen molar-refractivity contribution in [3.05, 3.63) is 21.9 Å². The Morgan fingerprint density at radius 1 is 1.47 bits per heavy atom. The van der Waals surface area contributed by atoms with E-state index in [1.165, 1.54) is 35.7 Å². The van der Waals surface area contributed by atoms with Crippen LogP contribution < -0.4 is 5.73 Å². The van der Waals surface area contributed by atoms with Crippen LogP contribution in [0.3, 0.4) is 0 Å². The van der Waals surface area contributed by atoms with Crippen molar-refractivity contribution < 1.29 is 0 Å². The van der Waals surface area contributed by atoms with Gasteiger partial charge in [-0.05, 0) is 51.3 Å². The number of hydrogen-bond acceptors (Lipinski definition) is 3. The first kappa shape index (κ1) is 13.1. The molecular weight excluding hydrogens is 228 g/mol. The van der Waals surface area contributed by atoms with Gasteiger partial charge in [0.1, 0.15) is 0 Å². The van der Waals surface area contributed by atoms with E-state index in [0.717, 1.165) is 5.92 Å². The molecule has 1 saturated heterocycles. The van der Waals surface area contributed by atoms with E-state index in [-0.39, 0.29) is 6.04 Å². The molecule has 0 amide bonds. The first-order valence-electron chi connectivity index (χ1n) is 6.64. The Morgan fingerprint density at radius 2 is 2.24 bits per heavy atom. The van der Waals surface area contributed by atoms with Crippen LogP contribution in [-0.4, -0.2) is 24.0 Å². The van der Waals surface area contributed by atoms with E-state index in [1.807, 2.05) is 11.3 Å². The van der Waals surface area contributed by atoms with E-state index in [4.69, 9.17) is 5.73 Å². The number of thiophene rings is 1. The highest BCUT2D eigenvalue weighted by Gasteiger charge is 2.28. The molecule has 0 aromatic carbocycles. The largest absolute Gasteiger partial charge is 0.326 e. The van der Waals surface area contributed by atoms with Crippen molar-refractivity contribution in [1.29, 1.82) is 0 Å². The van der Waals surface area contributed by atoms with Gasteiger partial charge in [-0.2, -0.15) is 0 Å². The minimum absolute atomic E-state index is 0.207. The lowest BCUT2D eigenvalue weighted by Gasteiger charge is -2.38. The molecule has 17 heavy (non-hydrogen) atoms. The summed E-state index contributed by atoms with van der Waals surface area (Å²) in [5, 5.41) is 0. The van der Waals surface area contributed by atoms with Gasteiger partial charge < -0.3 is 5.73 Å². The molecule has 1 fully saturated rings. The van der Waals surface area contributed by atoms with E-state index in [0.29, 0.717) is 6.04 Å². The molecule has 0 bridgehead atoms. The number of nitrogens with two attached hydrogens (primary N) is 1. The highest BCUT2D eigenvalue weighted by Crippen LogP contribution is 2.32. The number of likely N-dealkylation sites (tertiary alicyclic amines) is 1. The fourth-order valence-corrected chi connectivity index (χ4v) is 3.99. The Hall–Kier alpha value is -0.380. The number of hydrogen-bond donors (Lipinski definition) is 1. The van der Waals surface area contributed by atoms with Crippen LogP contribution in [0.4, 0.5) is 0 Å². The predicted molar refractivity (Wildman–Crippen MR) is 75.4 cm³/mol. The fourth-order valence-electron chi connectivity index (χ4n) is 2.86. The first-order valence-corrected chi connectivity index (χ1v) is 7.45. The zero-order valence-electron chi connectivity index (χ0n) is 11.1. The second kappa shape index (κ2) is 5.51. The number of rotatable bonds is 3. The molecule has 1 aromatic rings. The summed E-state index contributed by atoms with van der Waals surface area (Å²) >= 11 is 1.90. The number of piperidine rings is 1. The van der Waals surface area contributed by atoms with Crippen molar-refractivity contribution in [3.63, 3.8) is 0 Å². The lowest BCUT2D eigenvalue weighted by molar-refractivity contribution is 0.118. The minimum Gasteiger partial charge on any atom is -0.326 e. The van der Waals surface area contributed by atoms with E-state index < -0.39 is 0 Å². The topological polar surface area (TPSA) is 29.3 Å². The quantitative estimate of drug-likeness (QED) is 0.895. The lowest BCUT2D eigenvalue weighted by Crippen LogP contribution is -2.43. The van der Waals surface area contributed by atoms with Crippen LogP contribution in [0, 0.1) is 12.8 Å². The average molecular weight is 252 g/mol. The van der Waals surface area contributed by atoms with Crippen LogP contribution >= 0.6 is 11.3 Å². The Labute approximate surface area is 109 Å². The normalized spacial score (nSPS) is 25.8. The zero-order valence-corrected chi connectivity index (χ0v) is 12.0. The Bertz CT molecular complexity index is 359. The molecule has 2 nitrogen and oxygen atoms in total. The molecule has 96 valence electrons. The van der Waals surface area contributed by atoms with Crippen LogP contribution in [0.25, 0.3) is 0 Å². The fraction of sp³-hybridized carbons (Fsp3) is 0.714. The monoisotopic (exact) mass is 252 g/mol. The summed E-state index contributed by atoms with van der Waals surface area (Å²) in [6.45, 7) is 9.06. The third kappa shape index (κ3) is 3.09. The molecule has 0 aliphatic carbocycles. The van der Waals surface area contributed by atoms with Gasteiger partial charge in [-0.15, -0.1) is 11.3 Å². The molecule has 1 aliphatic heterocycles. The number of nitrogens with zero attached hydrogens (tertiary/aromatic N) is 1. The zero-order chi connectivity index (χ0) is 12.4. The second-order valence-corrected chi connectivity index (χ2v) is 6.81. The van der Waals surface area contributed by atoms with Crippen LogP contribution in [0.5, 0.6) is 0 Å². The van der Waals surface area contributed by atoms with E-state index in [2.05, 4.69) is 37.8 Å². The Kier molecular flexibility index (Phi) is 4.23. The molecule has 0 spiro atoms. The van der Waals surface area contributed by atoms with Crippen LogP contribution in [0.2, 0.25) is 0 Å². The lowest BCUT2D eigenvalue weighted by atomic mass is 9.96. The number of aryl methyl sites for hydroxylation is 1. The van der Waals surface area contributed by atoms with Crippen molar-refractivity contribution in [2.24, 2.45) is 11.7 Å². The first-order chi connectivity index (χ1) is 8.08. The minimum atomic E-state index is 0.207. The third-order valence-electron chi connectivity index (χ3n) is 3.63. The van der Waals surface area contributed by atoms with Crippen molar-refractivity contribution in [2.75, 3.05) is 13.1 Å². The van der Waals surface area contributed by atoms with Gasteiger partial charge in [0.05, 0.1) is 6.04 Å². The molecule has 1 aromatic heterocycles. The van der Waals surface area contributed by atoms with Crippen molar-refractivity contribution in [1.82, 2.24) is 4.90 Å². The summed E-state index contributed by atoms with van der Waals surface area (Å²) in [6.07, 6.45) is 2.68. The third-order valence-corrected chi connectivity index (χ3v) is 4.70. The van der Waals surface area contributed by atoms with Gasteiger partial charge in [0.15, 0.2) is 0 Å². The second-order valence-electron chi connectivity index (χ2n) is 5.49. The average Bonchev–Trinajstić information content (AvgIpc) is 2.64. The van der Waals surface area contributed by atoms with E-state index in [9.17, 15) is 0 Å². The maximum atomic E-state index is 6.22. The highest BCUT2D eigenvalue weighted by molar-refractivity contribution is 7.12. The summed E-state index contributed by atoms with van der Waals surface area (Å²) in [7, 11) is 0. The van der Waals surface area contributed by atoms with Gasteiger partial charge in [0.25, 0.3) is 0 Å². The van der Waals surface area contributed by atoms with Gasteiger partial charge in [-0.3, -0.25) is 4.90 Å². The molecule has 1 aliphatic rings. The predicted octanol–water partition coefficient (Wildman–Crippen LogP) is 3.18. The van der Waals surface area contributed by atoms with Gasteiger partial charge in [0, 0.05) is 22.3 Å². The van der Waals surface area contributed by atoms with E-state index >= 15 is 0 Å². The molecule has 0 saturated carbocycles. The molecule has 0 radical (unpaired) electrons. The van der Waals surface area contributed by atoms with Gasteiger partial charge in [0.2, 0.25) is 0 Å². The van der Waals surface area contributed by atoms with Gasteiger partial charge in [-0.25, -0.2) is 0 Å². The molecular formula is C14H24N2S. The molecule has 3 unspecified atom stereocenters. The maximum absolute atomic E-state index is 6.22. The van der Waals surface area contributed by atoms with Crippen molar-refractivity contribution >= 4 is 11.3 Å².